The van der Waals surface area contributed by atoms with Gasteiger partial charge in [0, 0.05) is 28.8 Å². The quantitative estimate of drug-likeness (QED) is 0.430. The second kappa shape index (κ2) is 8.77. The van der Waals surface area contributed by atoms with Crippen LogP contribution >= 0.6 is 11.3 Å². The lowest BCUT2D eigenvalue weighted by atomic mass is 10.0. The summed E-state index contributed by atoms with van der Waals surface area (Å²) in [5, 5.41) is 6.56. The smallest absolute Gasteiger partial charge is 0.339 e. The van der Waals surface area contributed by atoms with Gasteiger partial charge in [0.05, 0.1) is 18.7 Å². The number of carbonyl (C=O) groups is 1. The molecule has 0 atom stereocenters. The second-order valence-corrected chi connectivity index (χ2v) is 8.21. The zero-order valence-electron chi connectivity index (χ0n) is 17.5. The van der Waals surface area contributed by atoms with Gasteiger partial charge in [0.1, 0.15) is 22.8 Å². The zero-order chi connectivity index (χ0) is 22.0. The molecule has 0 aliphatic rings. The van der Waals surface area contributed by atoms with Gasteiger partial charge in [0.25, 0.3) is 0 Å². The highest BCUT2D eigenvalue weighted by Crippen LogP contribution is 2.25. The highest BCUT2D eigenvalue weighted by molar-refractivity contribution is 7.09. The number of hydrogen-bond acceptors (Lipinski definition) is 7. The molecule has 0 bridgehead atoms. The monoisotopic (exact) mass is 438 g/mol. The van der Waals surface area contributed by atoms with Crippen molar-refractivity contribution in [2.75, 3.05) is 7.11 Å². The normalized spacial score (nSPS) is 11.1. The predicted molar refractivity (Wildman–Crippen MR) is 118 cm³/mol. The minimum atomic E-state index is -0.430. The summed E-state index contributed by atoms with van der Waals surface area (Å²) in [6.07, 6.45) is 0.468. The third-order valence-corrected chi connectivity index (χ3v) is 5.86. The van der Waals surface area contributed by atoms with Crippen LogP contribution in [0.2, 0.25) is 0 Å². The number of fused-ring (bicyclic) bond motifs is 1. The molecule has 31 heavy (non-hydrogen) atoms. The van der Waals surface area contributed by atoms with Crippen molar-refractivity contribution in [3.63, 3.8) is 0 Å². The summed E-state index contributed by atoms with van der Waals surface area (Å²) >= 11 is 1.56. The van der Waals surface area contributed by atoms with Crippen molar-refractivity contribution >= 4 is 28.2 Å². The lowest BCUT2D eigenvalue weighted by Crippen LogP contribution is -2.24. The van der Waals surface area contributed by atoms with Crippen LogP contribution in [-0.2, 0) is 17.8 Å². The summed E-state index contributed by atoms with van der Waals surface area (Å²) in [7, 11) is 1.56. The molecule has 1 aromatic carbocycles. The van der Waals surface area contributed by atoms with Gasteiger partial charge in [-0.05, 0) is 50.1 Å². The Morgan fingerprint density at radius 1 is 1.19 bits per heavy atom. The van der Waals surface area contributed by atoms with Crippen LogP contribution in [-0.4, -0.2) is 18.0 Å². The Morgan fingerprint density at radius 2 is 2.03 bits per heavy atom. The van der Waals surface area contributed by atoms with E-state index in [1.807, 2.05) is 43.5 Å². The van der Waals surface area contributed by atoms with E-state index in [2.05, 4.69) is 10.3 Å². The Hall–Kier alpha value is -3.39. The molecule has 0 aliphatic heterocycles. The molecule has 0 radical (unpaired) electrons. The SMILES string of the molecule is COc1ccc2c(C)c(CCC(=O)NCc3ccc(-c4csc(C)n4)o3)c(=O)oc2c1. The number of benzene rings is 1. The fourth-order valence-electron chi connectivity index (χ4n) is 3.39. The van der Waals surface area contributed by atoms with Gasteiger partial charge in [-0.15, -0.1) is 11.3 Å². The topological polar surface area (TPSA) is 94.6 Å². The molecular formula is C23H22N2O5S. The lowest BCUT2D eigenvalue weighted by Gasteiger charge is -2.09. The van der Waals surface area contributed by atoms with Crippen molar-refractivity contribution in [1.82, 2.24) is 10.3 Å². The van der Waals surface area contributed by atoms with Gasteiger partial charge >= 0.3 is 5.63 Å². The van der Waals surface area contributed by atoms with E-state index in [0.717, 1.165) is 21.7 Å². The Bertz CT molecular complexity index is 1300. The summed E-state index contributed by atoms with van der Waals surface area (Å²) in [6, 6.07) is 9.02. The maximum atomic E-state index is 12.4. The number of amides is 1. The first-order valence-corrected chi connectivity index (χ1v) is 10.7. The largest absolute Gasteiger partial charge is 0.497 e. The third kappa shape index (κ3) is 4.54. The number of aryl methyl sites for hydroxylation is 2. The van der Waals surface area contributed by atoms with E-state index < -0.39 is 5.63 Å². The van der Waals surface area contributed by atoms with Gasteiger partial charge in [0.15, 0.2) is 5.76 Å². The standard InChI is InChI=1S/C23H22N2O5S/c1-13-17-6-4-15(28-3)10-21(17)30-23(27)18(13)7-9-22(26)24-11-16-5-8-20(29-16)19-12-31-14(2)25-19/h4-6,8,10,12H,7,9,11H2,1-3H3,(H,24,26). The number of nitrogens with zero attached hydrogens (tertiary/aromatic N) is 1. The van der Waals surface area contributed by atoms with Crippen LogP contribution in [0.4, 0.5) is 0 Å². The van der Waals surface area contributed by atoms with E-state index in [1.165, 1.54) is 0 Å². The number of thiazole rings is 1. The van der Waals surface area contributed by atoms with Crippen molar-refractivity contribution in [1.29, 1.82) is 0 Å². The van der Waals surface area contributed by atoms with Crippen LogP contribution in [0.15, 0.2) is 49.3 Å². The molecule has 3 aromatic heterocycles. The van der Waals surface area contributed by atoms with Crippen LogP contribution in [0.5, 0.6) is 5.75 Å². The molecule has 0 saturated carbocycles. The fraction of sp³-hybridized carbons (Fsp3) is 0.261. The Balaban J connectivity index is 1.38. The fourth-order valence-corrected chi connectivity index (χ4v) is 3.99. The first kappa shape index (κ1) is 20.9. The Morgan fingerprint density at radius 3 is 2.77 bits per heavy atom. The zero-order valence-corrected chi connectivity index (χ0v) is 18.3. The van der Waals surface area contributed by atoms with Gasteiger partial charge in [-0.2, -0.15) is 0 Å². The van der Waals surface area contributed by atoms with Crippen LogP contribution in [0.25, 0.3) is 22.4 Å². The molecule has 1 N–H and O–H groups in total. The van der Waals surface area contributed by atoms with E-state index in [-0.39, 0.29) is 18.9 Å². The maximum absolute atomic E-state index is 12.4. The average Bonchev–Trinajstić information content (AvgIpc) is 3.40. The van der Waals surface area contributed by atoms with Crippen molar-refractivity contribution in [2.45, 2.75) is 33.2 Å². The van der Waals surface area contributed by atoms with Gasteiger partial charge in [-0.25, -0.2) is 9.78 Å². The van der Waals surface area contributed by atoms with Gasteiger partial charge in [0.2, 0.25) is 5.91 Å². The number of ether oxygens (including phenoxy) is 1. The Kier molecular flexibility index (Phi) is 5.90. The predicted octanol–water partition coefficient (Wildman–Crippen LogP) is 4.38. The minimum absolute atomic E-state index is 0.170. The summed E-state index contributed by atoms with van der Waals surface area (Å²) in [4.78, 5) is 29.1. The molecule has 8 heteroatoms. The molecule has 4 aromatic rings. The van der Waals surface area contributed by atoms with Crippen LogP contribution in [0.3, 0.4) is 0 Å². The highest BCUT2D eigenvalue weighted by Gasteiger charge is 2.14. The van der Waals surface area contributed by atoms with Gasteiger partial charge in [-0.1, -0.05) is 0 Å². The molecule has 7 nitrogen and oxygen atoms in total. The molecule has 160 valence electrons. The first-order chi connectivity index (χ1) is 14.9. The number of carbonyl (C=O) groups excluding carboxylic acids is 1. The van der Waals surface area contributed by atoms with Crippen molar-refractivity contribution in [3.05, 3.63) is 68.0 Å². The molecule has 4 rings (SSSR count). The highest BCUT2D eigenvalue weighted by atomic mass is 32.1. The van der Waals surface area contributed by atoms with Crippen molar-refractivity contribution < 1.29 is 18.4 Å². The molecule has 3 heterocycles. The number of hydrogen-bond donors (Lipinski definition) is 1. The van der Waals surface area contributed by atoms with E-state index in [9.17, 15) is 9.59 Å². The van der Waals surface area contributed by atoms with Crippen LogP contribution in [0.1, 0.15) is 28.3 Å². The molecule has 0 saturated heterocycles. The number of aromatic nitrogens is 1. The summed E-state index contributed by atoms with van der Waals surface area (Å²) in [5.74, 6) is 1.77. The summed E-state index contributed by atoms with van der Waals surface area (Å²) in [5.41, 5.74) is 2.15. The van der Waals surface area contributed by atoms with E-state index in [0.29, 0.717) is 34.8 Å². The molecule has 0 fully saturated rings. The average molecular weight is 439 g/mol. The molecule has 1 amide bonds. The van der Waals surface area contributed by atoms with Gasteiger partial charge < -0.3 is 18.9 Å². The maximum Gasteiger partial charge on any atom is 0.339 e. The molecular weight excluding hydrogens is 416 g/mol. The summed E-state index contributed by atoms with van der Waals surface area (Å²) < 4.78 is 16.4. The Labute approximate surface area is 182 Å². The van der Waals surface area contributed by atoms with Gasteiger partial charge in [-0.3, -0.25) is 4.79 Å². The van der Waals surface area contributed by atoms with Crippen molar-refractivity contribution in [2.24, 2.45) is 0 Å². The molecule has 0 aliphatic carbocycles. The first-order valence-electron chi connectivity index (χ1n) is 9.83. The van der Waals surface area contributed by atoms with E-state index in [4.69, 9.17) is 13.6 Å². The summed E-state index contributed by atoms with van der Waals surface area (Å²) in [6.45, 7) is 4.07. The van der Waals surface area contributed by atoms with Crippen LogP contribution in [0, 0.1) is 13.8 Å². The lowest BCUT2D eigenvalue weighted by molar-refractivity contribution is -0.121. The second-order valence-electron chi connectivity index (χ2n) is 7.15. The molecule has 0 unspecified atom stereocenters. The third-order valence-electron chi connectivity index (χ3n) is 5.09. The number of rotatable bonds is 7. The number of nitrogens with one attached hydrogen (secondary N) is 1. The number of methoxy groups -OCH3 is 1. The minimum Gasteiger partial charge on any atom is -0.497 e. The van der Waals surface area contributed by atoms with E-state index >= 15 is 0 Å². The number of furan rings is 1. The molecule has 0 spiro atoms. The van der Waals surface area contributed by atoms with Crippen molar-refractivity contribution in [3.8, 4) is 17.2 Å². The van der Waals surface area contributed by atoms with Crippen LogP contribution < -0.4 is 15.7 Å². The van der Waals surface area contributed by atoms with E-state index in [1.54, 1.807) is 24.5 Å².